The molecule has 236 valence electrons. The SMILES string of the molecule is CN(C)C(=S)Nc1ccc(N2CCN(c3ccc(OC[C@@H]4CO[C@@](Cn5cncn5)(c5ccc(Cl)cc5Cl)O4)cc3)CC2)cc1. The minimum absolute atomic E-state index is 0.279. The van der Waals surface area contributed by atoms with Crippen molar-refractivity contribution in [1.29, 1.82) is 0 Å². The van der Waals surface area contributed by atoms with Crippen LogP contribution in [-0.4, -0.2) is 84.4 Å². The lowest BCUT2D eigenvalue weighted by atomic mass is 10.1. The molecule has 0 unspecified atom stereocenters. The smallest absolute Gasteiger partial charge is 0.217 e. The molecule has 45 heavy (non-hydrogen) atoms. The van der Waals surface area contributed by atoms with E-state index in [1.165, 1.54) is 17.7 Å². The Morgan fingerprint density at radius 2 is 1.67 bits per heavy atom. The van der Waals surface area contributed by atoms with Gasteiger partial charge in [-0.1, -0.05) is 29.3 Å². The van der Waals surface area contributed by atoms with Crippen LogP contribution in [0, 0.1) is 0 Å². The lowest BCUT2D eigenvalue weighted by Gasteiger charge is -2.37. The van der Waals surface area contributed by atoms with Gasteiger partial charge in [0.05, 0.1) is 11.6 Å². The molecule has 0 saturated carbocycles. The number of nitrogens with zero attached hydrogens (tertiary/aromatic N) is 6. The van der Waals surface area contributed by atoms with Crippen LogP contribution in [0.15, 0.2) is 79.4 Å². The highest BCUT2D eigenvalue weighted by atomic mass is 35.5. The van der Waals surface area contributed by atoms with Crippen LogP contribution in [0.1, 0.15) is 5.56 Å². The molecule has 3 aromatic carbocycles. The summed E-state index contributed by atoms with van der Waals surface area (Å²) >= 11 is 18.1. The normalized spacial score (nSPS) is 19.9. The number of hydrogen-bond acceptors (Lipinski definition) is 8. The zero-order chi connectivity index (χ0) is 31.4. The highest BCUT2D eigenvalue weighted by Gasteiger charge is 2.45. The lowest BCUT2D eigenvalue weighted by molar-refractivity contribution is -0.190. The lowest BCUT2D eigenvalue weighted by Crippen LogP contribution is -2.46. The summed E-state index contributed by atoms with van der Waals surface area (Å²) in [6.45, 7) is 4.66. The van der Waals surface area contributed by atoms with E-state index in [0.717, 1.165) is 37.6 Å². The van der Waals surface area contributed by atoms with E-state index < -0.39 is 5.79 Å². The number of anilines is 3. The molecule has 1 aromatic heterocycles. The number of nitrogens with one attached hydrogen (secondary N) is 1. The van der Waals surface area contributed by atoms with Crippen molar-refractivity contribution in [2.75, 3.05) is 68.6 Å². The van der Waals surface area contributed by atoms with Crippen molar-refractivity contribution in [3.8, 4) is 5.75 Å². The Hall–Kier alpha value is -3.61. The van der Waals surface area contributed by atoms with E-state index in [2.05, 4.69) is 61.6 Å². The summed E-state index contributed by atoms with van der Waals surface area (Å²) < 4.78 is 20.5. The largest absolute Gasteiger partial charge is 0.491 e. The van der Waals surface area contributed by atoms with Crippen molar-refractivity contribution in [2.24, 2.45) is 0 Å². The third-order valence-corrected chi connectivity index (χ3v) is 8.86. The fraction of sp³-hybridized carbons (Fsp3) is 0.344. The molecule has 0 bridgehead atoms. The van der Waals surface area contributed by atoms with E-state index in [9.17, 15) is 0 Å². The fourth-order valence-electron chi connectivity index (χ4n) is 5.44. The van der Waals surface area contributed by atoms with Crippen molar-refractivity contribution in [2.45, 2.75) is 18.4 Å². The van der Waals surface area contributed by atoms with E-state index >= 15 is 0 Å². The Morgan fingerprint density at radius 1 is 1.00 bits per heavy atom. The molecule has 4 aromatic rings. The number of rotatable bonds is 9. The number of aromatic nitrogens is 3. The number of piperazine rings is 1. The molecule has 10 nitrogen and oxygen atoms in total. The zero-order valence-corrected chi connectivity index (χ0v) is 27.4. The summed E-state index contributed by atoms with van der Waals surface area (Å²) in [6.07, 6.45) is 2.77. The first-order valence-corrected chi connectivity index (χ1v) is 15.9. The van der Waals surface area contributed by atoms with Gasteiger partial charge in [0.1, 0.15) is 37.7 Å². The van der Waals surface area contributed by atoms with Gasteiger partial charge < -0.3 is 34.2 Å². The van der Waals surface area contributed by atoms with Gasteiger partial charge in [0.25, 0.3) is 0 Å². The molecule has 1 N–H and O–H groups in total. The number of benzene rings is 3. The Balaban J connectivity index is 1.01. The van der Waals surface area contributed by atoms with Crippen LogP contribution in [0.4, 0.5) is 17.1 Å². The highest BCUT2D eigenvalue weighted by molar-refractivity contribution is 7.80. The summed E-state index contributed by atoms with van der Waals surface area (Å²) in [5.74, 6) is -0.379. The van der Waals surface area contributed by atoms with Crippen molar-refractivity contribution < 1.29 is 14.2 Å². The van der Waals surface area contributed by atoms with Gasteiger partial charge >= 0.3 is 0 Å². The van der Waals surface area contributed by atoms with Crippen LogP contribution >= 0.6 is 35.4 Å². The van der Waals surface area contributed by atoms with Crippen molar-refractivity contribution in [1.82, 2.24) is 19.7 Å². The Kier molecular flexibility index (Phi) is 9.62. The van der Waals surface area contributed by atoms with E-state index in [1.54, 1.807) is 23.1 Å². The number of thiocarbonyl (C=S) groups is 1. The van der Waals surface area contributed by atoms with Crippen molar-refractivity contribution in [3.05, 3.63) is 95.0 Å². The second-order valence-electron chi connectivity index (χ2n) is 11.2. The Labute approximate surface area is 278 Å². The van der Waals surface area contributed by atoms with Crippen LogP contribution in [0.5, 0.6) is 5.75 Å². The number of halogens is 2. The van der Waals surface area contributed by atoms with Gasteiger partial charge in [-0.3, -0.25) is 0 Å². The molecule has 0 radical (unpaired) electrons. The molecule has 13 heteroatoms. The zero-order valence-electron chi connectivity index (χ0n) is 25.1. The molecule has 0 amide bonds. The minimum atomic E-state index is -1.14. The molecule has 2 atom stereocenters. The van der Waals surface area contributed by atoms with Gasteiger partial charge in [0.15, 0.2) is 5.11 Å². The van der Waals surface area contributed by atoms with Gasteiger partial charge in [-0.2, -0.15) is 5.10 Å². The highest BCUT2D eigenvalue weighted by Crippen LogP contribution is 2.40. The van der Waals surface area contributed by atoms with Gasteiger partial charge in [0, 0.05) is 67.9 Å². The molecular formula is C32H35Cl2N7O3S. The van der Waals surface area contributed by atoms with Crippen LogP contribution in [0.2, 0.25) is 10.0 Å². The number of hydrogen-bond donors (Lipinski definition) is 1. The van der Waals surface area contributed by atoms with Crippen LogP contribution in [-0.2, 0) is 21.8 Å². The van der Waals surface area contributed by atoms with E-state index in [-0.39, 0.29) is 12.6 Å². The Morgan fingerprint density at radius 3 is 2.27 bits per heavy atom. The minimum Gasteiger partial charge on any atom is -0.491 e. The average molecular weight is 669 g/mol. The third-order valence-electron chi connectivity index (χ3n) is 7.84. The molecule has 2 saturated heterocycles. The predicted molar refractivity (Wildman–Crippen MR) is 182 cm³/mol. The van der Waals surface area contributed by atoms with Crippen LogP contribution in [0.3, 0.4) is 0 Å². The quantitative estimate of drug-likeness (QED) is 0.231. The predicted octanol–water partition coefficient (Wildman–Crippen LogP) is 5.52. The van der Waals surface area contributed by atoms with E-state index in [1.807, 2.05) is 37.2 Å². The molecule has 2 fully saturated rings. The van der Waals surface area contributed by atoms with Crippen molar-refractivity contribution in [3.63, 3.8) is 0 Å². The second-order valence-corrected chi connectivity index (χ2v) is 12.4. The van der Waals surface area contributed by atoms with Gasteiger partial charge in [-0.15, -0.1) is 0 Å². The first kappa shape index (κ1) is 31.4. The molecular weight excluding hydrogens is 633 g/mol. The first-order chi connectivity index (χ1) is 21.8. The fourth-order valence-corrected chi connectivity index (χ4v) is 6.11. The summed E-state index contributed by atoms with van der Waals surface area (Å²) in [6, 6.07) is 21.9. The molecule has 0 spiro atoms. The van der Waals surface area contributed by atoms with Gasteiger partial charge in [-0.25, -0.2) is 9.67 Å². The summed E-state index contributed by atoms with van der Waals surface area (Å²) in [5.41, 5.74) is 4.04. The van der Waals surface area contributed by atoms with E-state index in [0.29, 0.717) is 33.9 Å². The van der Waals surface area contributed by atoms with Crippen LogP contribution in [0.25, 0.3) is 0 Å². The maximum atomic E-state index is 6.57. The average Bonchev–Trinajstić information content (AvgIpc) is 3.71. The summed E-state index contributed by atoms with van der Waals surface area (Å²) in [7, 11) is 3.86. The van der Waals surface area contributed by atoms with Crippen molar-refractivity contribution >= 4 is 57.6 Å². The molecule has 2 aliphatic heterocycles. The Bertz CT molecular complexity index is 1580. The van der Waals surface area contributed by atoms with Crippen LogP contribution < -0.4 is 19.9 Å². The maximum Gasteiger partial charge on any atom is 0.217 e. The van der Waals surface area contributed by atoms with Gasteiger partial charge in [-0.05, 0) is 72.9 Å². The monoisotopic (exact) mass is 667 g/mol. The standard InChI is InChI=1S/C32H35Cl2N7O3S/c1-38(2)31(45)37-24-4-6-25(7-5-24)39-13-15-40(16-14-39)26-8-10-27(11-9-26)42-18-28-19-43-32(44-28,20-41-22-35-21-36-41)29-12-3-23(33)17-30(29)34/h3-12,17,21-22,28H,13-16,18-20H2,1-2H3,(H,37,45)/t28-,32-/m1/s1. The molecule has 2 aliphatic rings. The van der Waals surface area contributed by atoms with E-state index in [4.69, 9.17) is 49.6 Å². The molecule has 0 aliphatic carbocycles. The summed E-state index contributed by atoms with van der Waals surface area (Å²) in [5, 5.41) is 9.15. The molecule has 6 rings (SSSR count). The number of ether oxygens (including phenoxy) is 3. The van der Waals surface area contributed by atoms with Gasteiger partial charge in [0.2, 0.25) is 5.79 Å². The molecule has 3 heterocycles. The topological polar surface area (TPSA) is 80.2 Å². The second kappa shape index (κ2) is 13.8. The third kappa shape index (κ3) is 7.45. The summed E-state index contributed by atoms with van der Waals surface area (Å²) in [4.78, 5) is 10.7. The maximum absolute atomic E-state index is 6.57. The first-order valence-electron chi connectivity index (χ1n) is 14.7.